The van der Waals surface area contributed by atoms with Crippen molar-refractivity contribution in [3.8, 4) is 11.1 Å². The van der Waals surface area contributed by atoms with Crippen LogP contribution in [-0.4, -0.2) is 46.4 Å². The van der Waals surface area contributed by atoms with E-state index in [2.05, 4.69) is 23.1 Å². The number of rotatable bonds is 6. The van der Waals surface area contributed by atoms with Crippen LogP contribution in [0, 0.1) is 0 Å². The minimum absolute atomic E-state index is 0.342. The van der Waals surface area contributed by atoms with Crippen molar-refractivity contribution >= 4 is 22.5 Å². The second kappa shape index (κ2) is 9.03. The largest absolute Gasteiger partial charge is 0.389 e. The van der Waals surface area contributed by atoms with E-state index >= 15 is 0 Å². The molecule has 158 valence electrons. The number of hydrogen-bond donors (Lipinski definition) is 1. The molecule has 1 fully saturated rings. The van der Waals surface area contributed by atoms with E-state index in [0.29, 0.717) is 24.2 Å². The molecule has 1 N–H and O–H groups in total. The Morgan fingerprint density at radius 1 is 1.07 bits per heavy atom. The molecule has 30 heavy (non-hydrogen) atoms. The smallest absolute Gasteiger partial charge is 0.0744 e. The molecular formula is C25H29ClN2O2. The van der Waals surface area contributed by atoms with E-state index in [-0.39, 0.29) is 0 Å². The molecule has 5 heteroatoms. The van der Waals surface area contributed by atoms with E-state index in [1.54, 1.807) is 0 Å². The van der Waals surface area contributed by atoms with E-state index in [4.69, 9.17) is 21.3 Å². The fraction of sp³-hybridized carbons (Fsp3) is 0.400. The lowest BCUT2D eigenvalue weighted by Crippen LogP contribution is -2.46. The molecule has 1 aromatic heterocycles. The van der Waals surface area contributed by atoms with Gasteiger partial charge in [0, 0.05) is 43.3 Å². The zero-order valence-corrected chi connectivity index (χ0v) is 18.4. The number of hydrogen-bond acceptors (Lipinski definition) is 4. The second-order valence-corrected chi connectivity index (χ2v) is 9.07. The topological polar surface area (TPSA) is 45.6 Å². The zero-order chi connectivity index (χ0) is 21.1. The minimum Gasteiger partial charge on any atom is -0.389 e. The quantitative estimate of drug-likeness (QED) is 0.582. The monoisotopic (exact) mass is 424 g/mol. The Morgan fingerprint density at radius 2 is 1.73 bits per heavy atom. The SMILES string of the molecule is CC(C)(O)CN(Cc1nc2ccccc2c(-c2ccccc2)c1Cl)C1CCOCC1. The van der Waals surface area contributed by atoms with Gasteiger partial charge < -0.3 is 9.84 Å². The average molecular weight is 425 g/mol. The first kappa shape index (κ1) is 21.3. The first-order valence-electron chi connectivity index (χ1n) is 10.6. The molecule has 4 rings (SSSR count). The molecule has 0 amide bonds. The highest BCUT2D eigenvalue weighted by Gasteiger charge is 2.28. The third-order valence-electron chi connectivity index (χ3n) is 5.61. The summed E-state index contributed by atoms with van der Waals surface area (Å²) in [6.07, 6.45) is 1.90. The minimum atomic E-state index is -0.802. The highest BCUT2D eigenvalue weighted by atomic mass is 35.5. The molecule has 0 bridgehead atoms. The summed E-state index contributed by atoms with van der Waals surface area (Å²) in [7, 11) is 0. The molecule has 0 saturated carbocycles. The second-order valence-electron chi connectivity index (χ2n) is 8.69. The van der Waals surface area contributed by atoms with Crippen molar-refractivity contribution in [2.24, 2.45) is 0 Å². The average Bonchev–Trinajstić information content (AvgIpc) is 2.74. The van der Waals surface area contributed by atoms with Crippen LogP contribution in [0.3, 0.4) is 0 Å². The van der Waals surface area contributed by atoms with Gasteiger partial charge in [-0.2, -0.15) is 0 Å². The summed E-state index contributed by atoms with van der Waals surface area (Å²) in [4.78, 5) is 7.26. The summed E-state index contributed by atoms with van der Waals surface area (Å²) in [5.74, 6) is 0. The van der Waals surface area contributed by atoms with Gasteiger partial charge in [-0.25, -0.2) is 4.98 Å². The predicted octanol–water partition coefficient (Wildman–Crippen LogP) is 5.31. The van der Waals surface area contributed by atoms with Crippen molar-refractivity contribution < 1.29 is 9.84 Å². The van der Waals surface area contributed by atoms with Crippen LogP contribution in [0.2, 0.25) is 5.02 Å². The van der Waals surface area contributed by atoms with Crippen molar-refractivity contribution in [3.05, 3.63) is 65.3 Å². The molecule has 1 saturated heterocycles. The normalized spacial score (nSPS) is 15.8. The number of para-hydroxylation sites is 1. The van der Waals surface area contributed by atoms with Crippen LogP contribution in [0.1, 0.15) is 32.4 Å². The molecule has 1 aliphatic heterocycles. The maximum atomic E-state index is 10.5. The van der Waals surface area contributed by atoms with Gasteiger partial charge in [-0.15, -0.1) is 0 Å². The molecule has 0 aliphatic carbocycles. The van der Waals surface area contributed by atoms with E-state index < -0.39 is 5.60 Å². The van der Waals surface area contributed by atoms with Gasteiger partial charge in [-0.05, 0) is 38.3 Å². The Labute approximate surface area is 183 Å². The van der Waals surface area contributed by atoms with Crippen molar-refractivity contribution in [1.82, 2.24) is 9.88 Å². The Hall–Kier alpha value is -1.98. The number of nitrogens with zero attached hydrogens (tertiary/aromatic N) is 2. The first-order valence-corrected chi connectivity index (χ1v) is 11.0. The number of aliphatic hydroxyl groups is 1. The van der Waals surface area contributed by atoms with Crippen LogP contribution in [0.15, 0.2) is 54.6 Å². The van der Waals surface area contributed by atoms with Crippen molar-refractivity contribution in [3.63, 3.8) is 0 Å². The van der Waals surface area contributed by atoms with Gasteiger partial charge in [-0.3, -0.25) is 4.90 Å². The number of aromatic nitrogens is 1. The van der Waals surface area contributed by atoms with Crippen LogP contribution < -0.4 is 0 Å². The van der Waals surface area contributed by atoms with Crippen LogP contribution in [0.5, 0.6) is 0 Å². The molecule has 4 nitrogen and oxygen atoms in total. The fourth-order valence-electron chi connectivity index (χ4n) is 4.29. The van der Waals surface area contributed by atoms with Gasteiger partial charge in [0.25, 0.3) is 0 Å². The summed E-state index contributed by atoms with van der Waals surface area (Å²) in [6.45, 7) is 6.36. The molecule has 0 unspecified atom stereocenters. The molecule has 2 heterocycles. The van der Waals surface area contributed by atoms with Gasteiger partial charge in [-0.1, -0.05) is 60.1 Å². The van der Waals surface area contributed by atoms with E-state index in [1.165, 1.54) is 0 Å². The molecular weight excluding hydrogens is 396 g/mol. The summed E-state index contributed by atoms with van der Waals surface area (Å²) >= 11 is 7.00. The van der Waals surface area contributed by atoms with Gasteiger partial charge in [0.1, 0.15) is 0 Å². The van der Waals surface area contributed by atoms with E-state index in [9.17, 15) is 5.11 Å². The lowest BCUT2D eigenvalue weighted by atomic mass is 9.98. The summed E-state index contributed by atoms with van der Waals surface area (Å²) in [6, 6.07) is 18.7. The highest BCUT2D eigenvalue weighted by molar-refractivity contribution is 6.35. The van der Waals surface area contributed by atoms with E-state index in [1.807, 2.05) is 50.2 Å². The molecule has 0 radical (unpaired) electrons. The first-order chi connectivity index (χ1) is 14.4. The van der Waals surface area contributed by atoms with Crippen LogP contribution >= 0.6 is 11.6 Å². The summed E-state index contributed by atoms with van der Waals surface area (Å²) < 4.78 is 5.56. The Balaban J connectivity index is 1.78. The Kier molecular flexibility index (Phi) is 6.40. The van der Waals surface area contributed by atoms with Crippen LogP contribution in [-0.2, 0) is 11.3 Å². The Morgan fingerprint density at radius 3 is 2.43 bits per heavy atom. The van der Waals surface area contributed by atoms with Crippen molar-refractivity contribution in [2.75, 3.05) is 19.8 Å². The third kappa shape index (κ3) is 4.84. The molecule has 3 aromatic rings. The third-order valence-corrected chi connectivity index (χ3v) is 6.02. The number of halogens is 1. The van der Waals surface area contributed by atoms with Gasteiger partial charge in [0.05, 0.1) is 21.8 Å². The number of fused-ring (bicyclic) bond motifs is 1. The lowest BCUT2D eigenvalue weighted by Gasteiger charge is -2.37. The Bertz CT molecular complexity index is 995. The van der Waals surface area contributed by atoms with Gasteiger partial charge in [0.2, 0.25) is 0 Å². The van der Waals surface area contributed by atoms with Crippen LogP contribution in [0.4, 0.5) is 0 Å². The molecule has 0 atom stereocenters. The zero-order valence-electron chi connectivity index (χ0n) is 17.6. The summed E-state index contributed by atoms with van der Waals surface area (Å²) in [5, 5.41) is 12.3. The highest BCUT2D eigenvalue weighted by Crippen LogP contribution is 2.37. The van der Waals surface area contributed by atoms with Gasteiger partial charge >= 0.3 is 0 Å². The van der Waals surface area contributed by atoms with Crippen LogP contribution in [0.25, 0.3) is 22.0 Å². The number of pyridine rings is 1. The fourth-order valence-corrected chi connectivity index (χ4v) is 4.60. The maximum absolute atomic E-state index is 10.5. The lowest BCUT2D eigenvalue weighted by molar-refractivity contribution is -0.0171. The van der Waals surface area contributed by atoms with E-state index in [0.717, 1.165) is 53.8 Å². The van der Waals surface area contributed by atoms with Crippen molar-refractivity contribution in [2.45, 2.75) is 44.9 Å². The molecule has 1 aliphatic rings. The van der Waals surface area contributed by atoms with Gasteiger partial charge in [0.15, 0.2) is 0 Å². The molecule has 0 spiro atoms. The standard InChI is InChI=1S/C25H29ClN2O2/c1-25(2,29)17-28(19-12-14-30-15-13-19)16-22-24(26)23(18-8-4-3-5-9-18)20-10-6-7-11-21(20)27-22/h3-11,19,29H,12-17H2,1-2H3. The summed E-state index contributed by atoms with van der Waals surface area (Å²) in [5.41, 5.74) is 3.09. The number of ether oxygens (including phenoxy) is 1. The van der Waals surface area contributed by atoms with Crippen molar-refractivity contribution in [1.29, 1.82) is 0 Å². The predicted molar refractivity (Wildman–Crippen MR) is 123 cm³/mol. The molecule has 2 aromatic carbocycles. The number of benzene rings is 2. The maximum Gasteiger partial charge on any atom is 0.0744 e.